The molecule has 0 aliphatic carbocycles. The number of piperidine rings is 1. The number of carbonyl (C=O) groups excluding carboxylic acids is 1. The monoisotopic (exact) mass is 307 g/mol. The smallest absolute Gasteiger partial charge is 0.306 e. The number of carboxylic acid groups (broad SMARTS) is 1. The zero-order valence-corrected chi connectivity index (χ0v) is 12.4. The predicted molar refractivity (Wildman–Crippen MR) is 71.8 cm³/mol. The molecule has 0 saturated carbocycles. The summed E-state index contributed by atoms with van der Waals surface area (Å²) in [6.07, 6.45) is 0.526. The minimum absolute atomic E-state index is 0.121. The van der Waals surface area contributed by atoms with E-state index in [1.165, 1.54) is 0 Å². The third-order valence-electron chi connectivity index (χ3n) is 3.39. The van der Waals surface area contributed by atoms with E-state index in [4.69, 9.17) is 10.8 Å². The van der Waals surface area contributed by atoms with Crippen LogP contribution in [0.1, 0.15) is 26.7 Å². The van der Waals surface area contributed by atoms with Gasteiger partial charge in [0, 0.05) is 13.1 Å². The highest BCUT2D eigenvalue weighted by Crippen LogP contribution is 2.19. The van der Waals surface area contributed by atoms with E-state index >= 15 is 0 Å². The van der Waals surface area contributed by atoms with Crippen molar-refractivity contribution >= 4 is 22.1 Å². The second-order valence-corrected chi connectivity index (χ2v) is 6.96. The Morgan fingerprint density at radius 3 is 2.15 bits per heavy atom. The molecular weight excluding hydrogens is 286 g/mol. The van der Waals surface area contributed by atoms with Gasteiger partial charge in [0.2, 0.25) is 5.91 Å². The highest BCUT2D eigenvalue weighted by molar-refractivity contribution is 7.87. The van der Waals surface area contributed by atoms with Crippen molar-refractivity contribution in [3.8, 4) is 0 Å². The summed E-state index contributed by atoms with van der Waals surface area (Å²) in [6, 6.07) is -0.975. The molecule has 1 saturated heterocycles. The minimum atomic E-state index is -3.83. The molecule has 1 aliphatic heterocycles. The highest BCUT2D eigenvalue weighted by Gasteiger charge is 2.34. The lowest BCUT2D eigenvalue weighted by atomic mass is 9.99. The van der Waals surface area contributed by atoms with Crippen LogP contribution < -0.4 is 10.5 Å². The molecule has 0 aromatic carbocycles. The van der Waals surface area contributed by atoms with Gasteiger partial charge in [0.25, 0.3) is 10.2 Å². The normalized spacial score (nSPS) is 19.9. The van der Waals surface area contributed by atoms with Crippen LogP contribution in [0.5, 0.6) is 0 Å². The Bertz CT molecular complexity index is 468. The lowest BCUT2D eigenvalue weighted by molar-refractivity contribution is -0.142. The van der Waals surface area contributed by atoms with E-state index in [0.29, 0.717) is 0 Å². The van der Waals surface area contributed by atoms with Gasteiger partial charge in [-0.3, -0.25) is 9.59 Å². The van der Waals surface area contributed by atoms with Gasteiger partial charge >= 0.3 is 5.97 Å². The van der Waals surface area contributed by atoms with E-state index in [1.807, 2.05) is 0 Å². The molecule has 20 heavy (non-hydrogen) atoms. The number of nitrogens with one attached hydrogen (secondary N) is 1. The number of carboxylic acids is 1. The van der Waals surface area contributed by atoms with Crippen molar-refractivity contribution in [2.45, 2.75) is 32.7 Å². The Kier molecular flexibility index (Phi) is 5.49. The van der Waals surface area contributed by atoms with Gasteiger partial charge < -0.3 is 10.8 Å². The molecule has 4 N–H and O–H groups in total. The van der Waals surface area contributed by atoms with E-state index < -0.39 is 34.0 Å². The summed E-state index contributed by atoms with van der Waals surface area (Å²) in [6.45, 7) is 3.62. The van der Waals surface area contributed by atoms with Crippen LogP contribution in [0, 0.1) is 11.8 Å². The topological polar surface area (TPSA) is 130 Å². The standard InChI is InChI=1S/C11H21N3O5S/c1-7(2)9(10(12)15)13-20(18,19)14-5-3-8(4-6-14)11(16)17/h7-9,13H,3-6H2,1-2H3,(H2,12,15)(H,16,17). The fourth-order valence-electron chi connectivity index (χ4n) is 2.10. The number of hydrogen-bond donors (Lipinski definition) is 3. The van der Waals surface area contributed by atoms with E-state index in [-0.39, 0.29) is 31.8 Å². The minimum Gasteiger partial charge on any atom is -0.481 e. The van der Waals surface area contributed by atoms with Crippen molar-refractivity contribution in [1.29, 1.82) is 0 Å². The first-order valence-corrected chi connectivity index (χ1v) is 7.88. The fourth-order valence-corrected chi connectivity index (χ4v) is 3.65. The molecule has 1 aliphatic rings. The summed E-state index contributed by atoms with van der Waals surface area (Å²) in [7, 11) is -3.83. The van der Waals surface area contributed by atoms with E-state index in [9.17, 15) is 18.0 Å². The fraction of sp³-hybridized carbons (Fsp3) is 0.818. The lowest BCUT2D eigenvalue weighted by Gasteiger charge is -2.31. The number of primary amides is 1. The third-order valence-corrected chi connectivity index (χ3v) is 4.99. The molecule has 1 atom stereocenters. The van der Waals surface area contributed by atoms with Crippen molar-refractivity contribution in [2.75, 3.05) is 13.1 Å². The van der Waals surface area contributed by atoms with Crippen molar-refractivity contribution in [2.24, 2.45) is 17.6 Å². The molecule has 0 spiro atoms. The second kappa shape index (κ2) is 6.51. The Hall–Kier alpha value is -1.19. The summed E-state index contributed by atoms with van der Waals surface area (Å²) >= 11 is 0. The quantitative estimate of drug-likeness (QED) is 0.587. The Labute approximate surface area is 118 Å². The van der Waals surface area contributed by atoms with Crippen molar-refractivity contribution in [1.82, 2.24) is 9.03 Å². The summed E-state index contributed by atoms with van der Waals surface area (Å²) in [5.74, 6) is -2.42. The van der Waals surface area contributed by atoms with Gasteiger partial charge in [-0.1, -0.05) is 13.8 Å². The van der Waals surface area contributed by atoms with Crippen LogP contribution in [-0.2, 0) is 19.8 Å². The van der Waals surface area contributed by atoms with Crippen molar-refractivity contribution < 1.29 is 23.1 Å². The second-order valence-electron chi connectivity index (χ2n) is 5.26. The van der Waals surface area contributed by atoms with Crippen molar-refractivity contribution in [3.63, 3.8) is 0 Å². The number of aliphatic carboxylic acids is 1. The van der Waals surface area contributed by atoms with E-state index in [0.717, 1.165) is 4.31 Å². The number of rotatable bonds is 6. The summed E-state index contributed by atoms with van der Waals surface area (Å²) in [5.41, 5.74) is 5.17. The molecule has 116 valence electrons. The van der Waals surface area contributed by atoms with E-state index in [2.05, 4.69) is 4.72 Å². The number of hydrogen-bond acceptors (Lipinski definition) is 4. The number of carbonyl (C=O) groups is 2. The summed E-state index contributed by atoms with van der Waals surface area (Å²) in [5, 5.41) is 8.87. The molecule has 8 nitrogen and oxygen atoms in total. The van der Waals surface area contributed by atoms with Gasteiger partial charge in [-0.25, -0.2) is 0 Å². The molecule has 1 fully saturated rings. The molecular formula is C11H21N3O5S. The molecule has 0 bridgehead atoms. The molecule has 9 heteroatoms. The first-order chi connectivity index (χ1) is 9.15. The largest absolute Gasteiger partial charge is 0.481 e. The summed E-state index contributed by atoms with van der Waals surface area (Å²) < 4.78 is 27.7. The van der Waals surface area contributed by atoms with Crippen LogP contribution in [0.25, 0.3) is 0 Å². The number of nitrogens with zero attached hydrogens (tertiary/aromatic N) is 1. The van der Waals surface area contributed by atoms with Crippen molar-refractivity contribution in [3.05, 3.63) is 0 Å². The third kappa shape index (κ3) is 4.15. The molecule has 0 aromatic heterocycles. The van der Waals surface area contributed by atoms with Crippen LogP contribution in [0.15, 0.2) is 0 Å². The maximum absolute atomic E-state index is 12.1. The van der Waals surface area contributed by atoms with Crippen LogP contribution in [0.4, 0.5) is 0 Å². The first kappa shape index (κ1) is 16.9. The molecule has 1 heterocycles. The van der Waals surface area contributed by atoms with Gasteiger partial charge in [-0.15, -0.1) is 0 Å². The average Bonchev–Trinajstić information content (AvgIpc) is 2.35. The average molecular weight is 307 g/mol. The van der Waals surface area contributed by atoms with Gasteiger partial charge in [-0.05, 0) is 18.8 Å². The first-order valence-electron chi connectivity index (χ1n) is 6.44. The van der Waals surface area contributed by atoms with Gasteiger partial charge in [0.05, 0.1) is 5.92 Å². The molecule has 0 aromatic rings. The number of amides is 1. The Morgan fingerprint density at radius 2 is 1.80 bits per heavy atom. The van der Waals surface area contributed by atoms with Crippen LogP contribution >= 0.6 is 0 Å². The molecule has 1 rings (SSSR count). The maximum atomic E-state index is 12.1. The van der Waals surface area contributed by atoms with Crippen LogP contribution in [-0.4, -0.2) is 48.8 Å². The Balaban J connectivity index is 2.71. The zero-order chi connectivity index (χ0) is 15.5. The van der Waals surface area contributed by atoms with Crippen LogP contribution in [0.2, 0.25) is 0 Å². The molecule has 1 amide bonds. The molecule has 0 radical (unpaired) electrons. The Morgan fingerprint density at radius 1 is 1.30 bits per heavy atom. The highest BCUT2D eigenvalue weighted by atomic mass is 32.2. The predicted octanol–water partition coefficient (Wildman–Crippen LogP) is -0.873. The van der Waals surface area contributed by atoms with Gasteiger partial charge in [-0.2, -0.15) is 17.4 Å². The lowest BCUT2D eigenvalue weighted by Crippen LogP contribution is -2.54. The van der Waals surface area contributed by atoms with Gasteiger partial charge in [0.1, 0.15) is 6.04 Å². The SMILES string of the molecule is CC(C)C(NS(=O)(=O)N1CCC(C(=O)O)CC1)C(N)=O. The summed E-state index contributed by atoms with van der Waals surface area (Å²) in [4.78, 5) is 22.1. The maximum Gasteiger partial charge on any atom is 0.306 e. The van der Waals surface area contributed by atoms with E-state index in [1.54, 1.807) is 13.8 Å². The van der Waals surface area contributed by atoms with Gasteiger partial charge in [0.15, 0.2) is 0 Å². The van der Waals surface area contributed by atoms with Crippen LogP contribution in [0.3, 0.4) is 0 Å². The molecule has 1 unspecified atom stereocenters. The zero-order valence-electron chi connectivity index (χ0n) is 11.6. The number of nitrogens with two attached hydrogens (primary N) is 1.